The van der Waals surface area contributed by atoms with Crippen molar-refractivity contribution in [3.05, 3.63) is 57.3 Å². The molecule has 5 heteroatoms. The zero-order valence-electron chi connectivity index (χ0n) is 11.0. The number of halogens is 1. The number of nitrogens with zero attached hydrogens (tertiary/aromatic N) is 1. The Hall–Kier alpha value is -1.36. The molecule has 106 valence electrons. The van der Waals surface area contributed by atoms with E-state index in [-0.39, 0.29) is 18.3 Å². The third-order valence-electron chi connectivity index (χ3n) is 3.53. The highest BCUT2D eigenvalue weighted by molar-refractivity contribution is 7.10. The van der Waals surface area contributed by atoms with Gasteiger partial charge in [0.25, 0.3) is 5.91 Å². The predicted molar refractivity (Wildman–Crippen MR) is 84.3 cm³/mol. The van der Waals surface area contributed by atoms with Crippen LogP contribution in [0.5, 0.6) is 0 Å². The first kappa shape index (κ1) is 15.0. The highest BCUT2D eigenvalue weighted by atomic mass is 35.5. The molecule has 0 saturated heterocycles. The molecule has 0 bridgehead atoms. The fourth-order valence-electron chi connectivity index (χ4n) is 2.39. The molecule has 1 aliphatic rings. The molecule has 2 N–H and O–H groups in total. The Morgan fingerprint density at radius 2 is 2.00 bits per heavy atom. The minimum atomic E-state index is 0. The molecule has 0 aliphatic carbocycles. The van der Waals surface area contributed by atoms with Gasteiger partial charge in [0.05, 0.1) is 0 Å². The highest BCUT2D eigenvalue weighted by Gasteiger charge is 2.22. The Morgan fingerprint density at radius 1 is 1.25 bits per heavy atom. The third-order valence-corrected chi connectivity index (χ3v) is 4.55. The van der Waals surface area contributed by atoms with Crippen LogP contribution in [0.25, 0.3) is 0 Å². The summed E-state index contributed by atoms with van der Waals surface area (Å²) in [7, 11) is 0. The van der Waals surface area contributed by atoms with Gasteiger partial charge in [0.15, 0.2) is 0 Å². The summed E-state index contributed by atoms with van der Waals surface area (Å²) >= 11 is 1.79. The van der Waals surface area contributed by atoms with Crippen LogP contribution in [-0.4, -0.2) is 17.4 Å². The lowest BCUT2D eigenvalue weighted by atomic mass is 10.1. The molecular formula is C15H17ClN2OS. The quantitative estimate of drug-likeness (QED) is 0.927. The van der Waals surface area contributed by atoms with E-state index in [0.717, 1.165) is 30.6 Å². The van der Waals surface area contributed by atoms with Crippen LogP contribution in [0.2, 0.25) is 0 Å². The maximum absolute atomic E-state index is 12.4. The van der Waals surface area contributed by atoms with Crippen LogP contribution < -0.4 is 5.73 Å². The van der Waals surface area contributed by atoms with Crippen LogP contribution in [0.15, 0.2) is 35.7 Å². The van der Waals surface area contributed by atoms with Gasteiger partial charge in [-0.1, -0.05) is 12.1 Å². The van der Waals surface area contributed by atoms with Crippen molar-refractivity contribution in [1.29, 1.82) is 0 Å². The van der Waals surface area contributed by atoms with Gasteiger partial charge >= 0.3 is 0 Å². The number of rotatable bonds is 2. The molecule has 0 fully saturated rings. The van der Waals surface area contributed by atoms with Crippen LogP contribution in [0.3, 0.4) is 0 Å². The third kappa shape index (κ3) is 2.87. The summed E-state index contributed by atoms with van der Waals surface area (Å²) < 4.78 is 0. The molecule has 2 heterocycles. The van der Waals surface area contributed by atoms with E-state index in [4.69, 9.17) is 5.73 Å². The summed E-state index contributed by atoms with van der Waals surface area (Å²) in [6.45, 7) is 2.05. The van der Waals surface area contributed by atoms with Crippen molar-refractivity contribution in [2.45, 2.75) is 19.5 Å². The van der Waals surface area contributed by atoms with E-state index in [1.807, 2.05) is 29.2 Å². The number of thiophene rings is 1. The summed E-state index contributed by atoms with van der Waals surface area (Å²) in [5, 5.41) is 2.11. The number of nitrogens with two attached hydrogens (primary N) is 1. The highest BCUT2D eigenvalue weighted by Crippen LogP contribution is 2.25. The smallest absolute Gasteiger partial charge is 0.254 e. The maximum Gasteiger partial charge on any atom is 0.254 e. The van der Waals surface area contributed by atoms with E-state index in [1.54, 1.807) is 11.3 Å². The SMILES string of the molecule is Cl.NCc1ccc(C(=O)N2CCc3sccc3C2)cc1. The number of hydrogen-bond donors (Lipinski definition) is 1. The number of carbonyl (C=O) groups excluding carboxylic acids is 1. The van der Waals surface area contributed by atoms with E-state index in [0.29, 0.717) is 6.54 Å². The Kier molecular flexibility index (Phi) is 4.81. The van der Waals surface area contributed by atoms with Gasteiger partial charge in [0.2, 0.25) is 0 Å². The second-order valence-corrected chi connectivity index (χ2v) is 5.75. The molecule has 1 aliphatic heterocycles. The molecule has 20 heavy (non-hydrogen) atoms. The van der Waals surface area contributed by atoms with E-state index in [1.165, 1.54) is 10.4 Å². The van der Waals surface area contributed by atoms with Crippen molar-refractivity contribution >= 4 is 29.7 Å². The Morgan fingerprint density at radius 3 is 2.70 bits per heavy atom. The lowest BCUT2D eigenvalue weighted by molar-refractivity contribution is 0.0736. The fourth-order valence-corrected chi connectivity index (χ4v) is 3.28. The summed E-state index contributed by atoms with van der Waals surface area (Å²) in [4.78, 5) is 15.8. The molecule has 1 aromatic carbocycles. The molecule has 2 aromatic rings. The van der Waals surface area contributed by atoms with Crippen LogP contribution in [0.4, 0.5) is 0 Å². The lowest BCUT2D eigenvalue weighted by Gasteiger charge is -2.27. The second-order valence-electron chi connectivity index (χ2n) is 4.75. The number of benzene rings is 1. The van der Waals surface area contributed by atoms with Crippen molar-refractivity contribution in [2.24, 2.45) is 5.73 Å². The lowest BCUT2D eigenvalue weighted by Crippen LogP contribution is -2.35. The van der Waals surface area contributed by atoms with Crippen molar-refractivity contribution in [3.63, 3.8) is 0 Å². The molecule has 1 amide bonds. The Labute approximate surface area is 128 Å². The van der Waals surface area contributed by atoms with Gasteiger partial charge < -0.3 is 10.6 Å². The van der Waals surface area contributed by atoms with Gasteiger partial charge in [-0.2, -0.15) is 0 Å². The number of fused-ring (bicyclic) bond motifs is 1. The van der Waals surface area contributed by atoms with Crippen LogP contribution in [-0.2, 0) is 19.5 Å². The van der Waals surface area contributed by atoms with E-state index >= 15 is 0 Å². The predicted octanol–water partition coefficient (Wildman–Crippen LogP) is 2.83. The minimum absolute atomic E-state index is 0. The molecule has 0 saturated carbocycles. The Balaban J connectivity index is 0.00000147. The molecule has 0 radical (unpaired) electrons. The summed E-state index contributed by atoms with van der Waals surface area (Å²) in [5.74, 6) is 0.112. The van der Waals surface area contributed by atoms with Gasteiger partial charge in [-0.25, -0.2) is 0 Å². The molecular weight excluding hydrogens is 292 g/mol. The summed E-state index contributed by atoms with van der Waals surface area (Å²) in [6, 6.07) is 9.71. The summed E-state index contributed by atoms with van der Waals surface area (Å²) in [5.41, 5.74) is 8.66. The molecule has 1 aromatic heterocycles. The summed E-state index contributed by atoms with van der Waals surface area (Å²) in [6.07, 6.45) is 0.972. The fraction of sp³-hybridized carbons (Fsp3) is 0.267. The monoisotopic (exact) mass is 308 g/mol. The minimum Gasteiger partial charge on any atom is -0.334 e. The normalized spacial score (nSPS) is 13.6. The average Bonchev–Trinajstić information content (AvgIpc) is 2.94. The van der Waals surface area contributed by atoms with Gasteiger partial charge in [0.1, 0.15) is 0 Å². The van der Waals surface area contributed by atoms with E-state index in [2.05, 4.69) is 11.4 Å². The Bertz CT molecular complexity index is 594. The van der Waals surface area contributed by atoms with E-state index < -0.39 is 0 Å². The molecule has 3 rings (SSSR count). The zero-order valence-corrected chi connectivity index (χ0v) is 12.7. The second kappa shape index (κ2) is 6.39. The van der Waals surface area contributed by atoms with Crippen molar-refractivity contribution in [2.75, 3.05) is 6.54 Å². The van der Waals surface area contributed by atoms with Crippen molar-refractivity contribution in [1.82, 2.24) is 4.90 Å². The standard InChI is InChI=1S/C15H16N2OS.ClH/c16-9-11-1-3-12(4-2-11)15(18)17-7-5-14-13(10-17)6-8-19-14;/h1-4,6,8H,5,7,9-10,16H2;1H. The average molecular weight is 309 g/mol. The first-order chi connectivity index (χ1) is 9.28. The van der Waals surface area contributed by atoms with Crippen LogP contribution in [0, 0.1) is 0 Å². The number of carbonyl (C=O) groups is 1. The van der Waals surface area contributed by atoms with Gasteiger partial charge in [0, 0.05) is 30.1 Å². The van der Waals surface area contributed by atoms with Crippen molar-refractivity contribution in [3.8, 4) is 0 Å². The zero-order chi connectivity index (χ0) is 13.2. The van der Waals surface area contributed by atoms with Crippen LogP contribution in [0.1, 0.15) is 26.4 Å². The number of amides is 1. The molecule has 0 atom stereocenters. The maximum atomic E-state index is 12.4. The molecule has 0 unspecified atom stereocenters. The topological polar surface area (TPSA) is 46.3 Å². The van der Waals surface area contributed by atoms with Gasteiger partial charge in [-0.3, -0.25) is 4.79 Å². The van der Waals surface area contributed by atoms with E-state index in [9.17, 15) is 4.79 Å². The van der Waals surface area contributed by atoms with Gasteiger partial charge in [-0.05, 0) is 41.1 Å². The van der Waals surface area contributed by atoms with Crippen LogP contribution >= 0.6 is 23.7 Å². The molecule has 3 nitrogen and oxygen atoms in total. The van der Waals surface area contributed by atoms with Gasteiger partial charge in [-0.15, -0.1) is 23.7 Å². The van der Waals surface area contributed by atoms with Crippen molar-refractivity contribution < 1.29 is 4.79 Å². The molecule has 0 spiro atoms. The first-order valence-electron chi connectivity index (χ1n) is 6.41. The largest absolute Gasteiger partial charge is 0.334 e. The number of hydrogen-bond acceptors (Lipinski definition) is 3. The first-order valence-corrected chi connectivity index (χ1v) is 7.29.